The van der Waals surface area contributed by atoms with Crippen LogP contribution in [0.4, 0.5) is 0 Å². The van der Waals surface area contributed by atoms with Gasteiger partial charge in [0.25, 0.3) is 0 Å². The molecule has 7 heteroatoms. The molecule has 1 aromatic carbocycles. The molecule has 0 radical (unpaired) electrons. The highest BCUT2D eigenvalue weighted by atomic mass is 32.2. The zero-order valence-corrected chi connectivity index (χ0v) is 13.3. The van der Waals surface area contributed by atoms with Crippen molar-refractivity contribution in [2.45, 2.75) is 23.8 Å². The molecular weight excluding hydrogens is 308 g/mol. The smallest absolute Gasteiger partial charge is 0.179 e. The summed E-state index contributed by atoms with van der Waals surface area (Å²) in [6.07, 6.45) is 1.67. The van der Waals surface area contributed by atoms with E-state index in [4.69, 9.17) is 5.26 Å². The highest BCUT2D eigenvalue weighted by Gasteiger charge is 2.19. The summed E-state index contributed by atoms with van der Waals surface area (Å²) < 4.78 is 35.6. The number of nitriles is 1. The van der Waals surface area contributed by atoms with Crippen molar-refractivity contribution in [3.63, 3.8) is 0 Å². The zero-order valence-electron chi connectivity index (χ0n) is 11.6. The van der Waals surface area contributed by atoms with Crippen LogP contribution in [-0.2, 0) is 20.6 Å². The molecule has 1 heterocycles. The second-order valence-electron chi connectivity index (χ2n) is 5.03. The monoisotopic (exact) mass is 326 g/mol. The fraction of sp³-hybridized carbons (Fsp3) is 0.500. The molecule has 1 N–H and O–H groups in total. The van der Waals surface area contributed by atoms with Gasteiger partial charge in [0.1, 0.15) is 0 Å². The van der Waals surface area contributed by atoms with E-state index in [1.54, 1.807) is 0 Å². The molecular formula is C14H18N2O3S2. The van der Waals surface area contributed by atoms with Crippen LogP contribution in [0.1, 0.15) is 18.4 Å². The highest BCUT2D eigenvalue weighted by Crippen LogP contribution is 2.13. The van der Waals surface area contributed by atoms with E-state index in [1.807, 2.05) is 6.07 Å². The van der Waals surface area contributed by atoms with E-state index >= 15 is 0 Å². The van der Waals surface area contributed by atoms with Gasteiger partial charge in [-0.25, -0.2) is 8.42 Å². The fourth-order valence-corrected chi connectivity index (χ4v) is 4.72. The van der Waals surface area contributed by atoms with Gasteiger partial charge in [0, 0.05) is 34.9 Å². The molecule has 0 amide bonds. The Hall–Kier alpha value is -1.23. The Labute approximate surface area is 127 Å². The van der Waals surface area contributed by atoms with Crippen LogP contribution < -0.4 is 5.32 Å². The number of sulfone groups is 1. The lowest BCUT2D eigenvalue weighted by atomic mass is 10.1. The van der Waals surface area contributed by atoms with Gasteiger partial charge < -0.3 is 5.32 Å². The SMILES string of the molecule is N#Cc1ccc(S(=O)(=O)CCNC2CCS(=O)CC2)cc1. The second kappa shape index (κ2) is 7.16. The van der Waals surface area contributed by atoms with Crippen molar-refractivity contribution >= 4 is 20.6 Å². The third kappa shape index (κ3) is 4.63. The standard InChI is InChI=1S/C14H18N2O3S2/c15-11-12-1-3-14(4-2-12)21(18,19)10-7-16-13-5-8-20(17)9-6-13/h1-4,13,16H,5-10H2. The lowest BCUT2D eigenvalue weighted by Crippen LogP contribution is -2.38. The maximum Gasteiger partial charge on any atom is 0.179 e. The predicted octanol–water partition coefficient (Wildman–Crippen LogP) is 0.833. The summed E-state index contributed by atoms with van der Waals surface area (Å²) in [6, 6.07) is 8.19. The van der Waals surface area contributed by atoms with Crippen molar-refractivity contribution in [3.8, 4) is 6.07 Å². The van der Waals surface area contributed by atoms with Crippen LogP contribution in [0.15, 0.2) is 29.2 Å². The summed E-state index contributed by atoms with van der Waals surface area (Å²) in [5.74, 6) is 1.42. The van der Waals surface area contributed by atoms with E-state index in [1.165, 1.54) is 24.3 Å². The number of benzene rings is 1. The summed E-state index contributed by atoms with van der Waals surface area (Å²) >= 11 is 0. The summed E-state index contributed by atoms with van der Waals surface area (Å²) in [6.45, 7) is 0.389. The van der Waals surface area contributed by atoms with Crippen LogP contribution in [0.2, 0.25) is 0 Å². The van der Waals surface area contributed by atoms with E-state index < -0.39 is 20.6 Å². The average Bonchev–Trinajstić information content (AvgIpc) is 2.49. The van der Waals surface area contributed by atoms with Crippen LogP contribution in [0.5, 0.6) is 0 Å². The van der Waals surface area contributed by atoms with Gasteiger partial charge in [0.2, 0.25) is 0 Å². The number of hydrogen-bond donors (Lipinski definition) is 1. The Morgan fingerprint density at radius 3 is 2.43 bits per heavy atom. The van der Waals surface area contributed by atoms with Crippen LogP contribution in [-0.4, -0.2) is 42.5 Å². The summed E-state index contributed by atoms with van der Waals surface area (Å²) in [5, 5.41) is 11.9. The number of hydrogen-bond acceptors (Lipinski definition) is 5. The first-order chi connectivity index (χ1) is 10.0. The second-order valence-corrected chi connectivity index (χ2v) is 8.84. The molecule has 0 atom stereocenters. The molecule has 1 aliphatic heterocycles. The Morgan fingerprint density at radius 2 is 1.86 bits per heavy atom. The van der Waals surface area contributed by atoms with Crippen LogP contribution in [0.3, 0.4) is 0 Å². The molecule has 114 valence electrons. The molecule has 21 heavy (non-hydrogen) atoms. The van der Waals surface area contributed by atoms with Gasteiger partial charge >= 0.3 is 0 Å². The molecule has 0 spiro atoms. The minimum atomic E-state index is -3.33. The first kappa shape index (κ1) is 16.1. The van der Waals surface area contributed by atoms with Gasteiger partial charge in [-0.3, -0.25) is 4.21 Å². The largest absolute Gasteiger partial charge is 0.313 e. The van der Waals surface area contributed by atoms with Crippen LogP contribution >= 0.6 is 0 Å². The van der Waals surface area contributed by atoms with Crippen molar-refractivity contribution in [1.29, 1.82) is 5.26 Å². The molecule has 0 aliphatic carbocycles. The first-order valence-corrected chi connectivity index (χ1v) is 9.96. The Balaban J connectivity index is 1.86. The molecule has 1 saturated heterocycles. The molecule has 1 aromatic rings. The molecule has 0 aromatic heterocycles. The zero-order chi connectivity index (χ0) is 15.3. The quantitative estimate of drug-likeness (QED) is 0.866. The molecule has 1 fully saturated rings. The van der Waals surface area contributed by atoms with Crippen molar-refractivity contribution in [2.24, 2.45) is 0 Å². The Kier molecular flexibility index (Phi) is 5.51. The molecule has 0 saturated carbocycles. The summed E-state index contributed by atoms with van der Waals surface area (Å²) in [4.78, 5) is 0.244. The predicted molar refractivity (Wildman–Crippen MR) is 82.1 cm³/mol. The number of nitrogens with zero attached hydrogens (tertiary/aromatic N) is 1. The topological polar surface area (TPSA) is 87.0 Å². The lowest BCUT2D eigenvalue weighted by molar-refractivity contribution is 0.487. The van der Waals surface area contributed by atoms with Gasteiger partial charge in [0.15, 0.2) is 9.84 Å². The van der Waals surface area contributed by atoms with Gasteiger partial charge in [-0.05, 0) is 37.1 Å². The van der Waals surface area contributed by atoms with E-state index in [9.17, 15) is 12.6 Å². The number of nitrogens with one attached hydrogen (secondary N) is 1. The van der Waals surface area contributed by atoms with E-state index in [-0.39, 0.29) is 16.7 Å². The Morgan fingerprint density at radius 1 is 1.24 bits per heavy atom. The van der Waals surface area contributed by atoms with Gasteiger partial charge in [0.05, 0.1) is 22.3 Å². The summed E-state index contributed by atoms with van der Waals surface area (Å²) in [7, 11) is -4.03. The third-order valence-electron chi connectivity index (χ3n) is 3.53. The maximum atomic E-state index is 12.2. The van der Waals surface area contributed by atoms with Gasteiger partial charge in [-0.2, -0.15) is 5.26 Å². The van der Waals surface area contributed by atoms with Crippen molar-refractivity contribution < 1.29 is 12.6 Å². The number of rotatable bonds is 5. The average molecular weight is 326 g/mol. The van der Waals surface area contributed by atoms with E-state index in [0.29, 0.717) is 23.6 Å². The van der Waals surface area contributed by atoms with Crippen molar-refractivity contribution in [1.82, 2.24) is 5.32 Å². The summed E-state index contributed by atoms with van der Waals surface area (Å²) in [5.41, 5.74) is 0.447. The van der Waals surface area contributed by atoms with Crippen molar-refractivity contribution in [2.75, 3.05) is 23.8 Å². The minimum Gasteiger partial charge on any atom is -0.313 e. The maximum absolute atomic E-state index is 12.2. The molecule has 2 rings (SSSR count). The van der Waals surface area contributed by atoms with E-state index in [0.717, 1.165) is 12.8 Å². The van der Waals surface area contributed by atoms with Gasteiger partial charge in [-0.1, -0.05) is 0 Å². The first-order valence-electron chi connectivity index (χ1n) is 6.82. The van der Waals surface area contributed by atoms with Crippen molar-refractivity contribution in [3.05, 3.63) is 29.8 Å². The van der Waals surface area contributed by atoms with Crippen LogP contribution in [0.25, 0.3) is 0 Å². The van der Waals surface area contributed by atoms with Gasteiger partial charge in [-0.15, -0.1) is 0 Å². The molecule has 0 unspecified atom stereocenters. The molecule has 5 nitrogen and oxygen atoms in total. The normalized spacial score (nSPS) is 22.6. The van der Waals surface area contributed by atoms with Crippen LogP contribution in [0, 0.1) is 11.3 Å². The lowest BCUT2D eigenvalue weighted by Gasteiger charge is -2.22. The van der Waals surface area contributed by atoms with E-state index in [2.05, 4.69) is 5.32 Å². The minimum absolute atomic E-state index is 0.0263. The fourth-order valence-electron chi connectivity index (χ4n) is 2.25. The molecule has 1 aliphatic rings. The third-order valence-corrected chi connectivity index (χ3v) is 6.65. The highest BCUT2D eigenvalue weighted by molar-refractivity contribution is 7.91. The molecule has 0 bridgehead atoms. The Bertz CT molecular complexity index is 638.